The van der Waals surface area contributed by atoms with Gasteiger partial charge in [0.15, 0.2) is 4.77 Å². The summed E-state index contributed by atoms with van der Waals surface area (Å²) in [6.45, 7) is 5.62. The second kappa shape index (κ2) is 7.04. The summed E-state index contributed by atoms with van der Waals surface area (Å²) in [6, 6.07) is 6.08. The van der Waals surface area contributed by atoms with Gasteiger partial charge >= 0.3 is 0 Å². The van der Waals surface area contributed by atoms with Crippen molar-refractivity contribution in [2.24, 2.45) is 0 Å². The molecular formula is C14H18BrN3OS. The Bertz CT molecular complexity index is 636. The van der Waals surface area contributed by atoms with Crippen molar-refractivity contribution in [2.75, 3.05) is 6.61 Å². The maximum Gasteiger partial charge on any atom is 0.195 e. The molecule has 0 aliphatic carbocycles. The molecule has 0 atom stereocenters. The van der Waals surface area contributed by atoms with E-state index >= 15 is 0 Å². The molecule has 6 heteroatoms. The molecule has 1 heterocycles. The van der Waals surface area contributed by atoms with E-state index in [1.165, 1.54) is 5.56 Å². The van der Waals surface area contributed by atoms with E-state index in [0.29, 0.717) is 11.4 Å². The van der Waals surface area contributed by atoms with E-state index in [0.717, 1.165) is 35.4 Å². The summed E-state index contributed by atoms with van der Waals surface area (Å²) >= 11 is 8.67. The van der Waals surface area contributed by atoms with E-state index in [1.807, 2.05) is 16.7 Å². The fraction of sp³-hybridized carbons (Fsp3) is 0.429. The number of aryl methyl sites for hydroxylation is 2. The van der Waals surface area contributed by atoms with Gasteiger partial charge in [-0.15, -0.1) is 0 Å². The van der Waals surface area contributed by atoms with E-state index in [9.17, 15) is 0 Å². The Morgan fingerprint density at radius 3 is 2.95 bits per heavy atom. The van der Waals surface area contributed by atoms with Gasteiger partial charge in [-0.25, -0.2) is 0 Å². The molecular weight excluding hydrogens is 338 g/mol. The van der Waals surface area contributed by atoms with Gasteiger partial charge in [0.1, 0.15) is 11.6 Å². The lowest BCUT2D eigenvalue weighted by Gasteiger charge is -2.09. The van der Waals surface area contributed by atoms with Gasteiger partial charge in [-0.05, 0) is 66.1 Å². The zero-order valence-corrected chi connectivity index (χ0v) is 14.1. The molecule has 1 aromatic carbocycles. The third-order valence-electron chi connectivity index (χ3n) is 3.04. The average molecular weight is 356 g/mol. The predicted octanol–water partition coefficient (Wildman–Crippen LogP) is 4.04. The summed E-state index contributed by atoms with van der Waals surface area (Å²) in [5.74, 6) is 1.87. The first-order valence-corrected chi connectivity index (χ1v) is 7.85. The highest BCUT2D eigenvalue weighted by molar-refractivity contribution is 9.10. The number of H-pyrrole nitrogens is 1. The van der Waals surface area contributed by atoms with Crippen LogP contribution in [0.1, 0.15) is 24.7 Å². The molecule has 0 fully saturated rings. The lowest BCUT2D eigenvalue weighted by molar-refractivity contribution is 0.307. The fourth-order valence-electron chi connectivity index (χ4n) is 2.00. The van der Waals surface area contributed by atoms with Gasteiger partial charge in [0.2, 0.25) is 0 Å². The smallest absolute Gasteiger partial charge is 0.195 e. The SMILES string of the molecule is CCn1c(CCCOc2ccc(C)cc2Br)n[nH]c1=S. The normalized spacial score (nSPS) is 10.8. The van der Waals surface area contributed by atoms with Crippen LogP contribution in [0.4, 0.5) is 0 Å². The van der Waals surface area contributed by atoms with Crippen LogP contribution in [-0.2, 0) is 13.0 Å². The van der Waals surface area contributed by atoms with Gasteiger partial charge in [0.25, 0.3) is 0 Å². The van der Waals surface area contributed by atoms with Crippen LogP contribution in [0.15, 0.2) is 22.7 Å². The van der Waals surface area contributed by atoms with Crippen LogP contribution in [0.5, 0.6) is 5.75 Å². The maximum atomic E-state index is 5.77. The number of hydrogen-bond acceptors (Lipinski definition) is 3. The molecule has 0 saturated heterocycles. The molecule has 4 nitrogen and oxygen atoms in total. The van der Waals surface area contributed by atoms with Gasteiger partial charge in [-0.1, -0.05) is 6.07 Å². The number of nitrogens with one attached hydrogen (secondary N) is 1. The minimum Gasteiger partial charge on any atom is -0.492 e. The highest BCUT2D eigenvalue weighted by Gasteiger charge is 2.05. The minimum absolute atomic E-state index is 0.658. The third-order valence-corrected chi connectivity index (χ3v) is 3.97. The highest BCUT2D eigenvalue weighted by Crippen LogP contribution is 2.25. The number of halogens is 1. The molecule has 2 aromatic rings. The zero-order valence-electron chi connectivity index (χ0n) is 11.6. The van der Waals surface area contributed by atoms with Gasteiger partial charge < -0.3 is 9.30 Å². The van der Waals surface area contributed by atoms with Crippen molar-refractivity contribution in [1.82, 2.24) is 14.8 Å². The fourth-order valence-corrected chi connectivity index (χ4v) is 2.89. The Morgan fingerprint density at radius 1 is 1.45 bits per heavy atom. The highest BCUT2D eigenvalue weighted by atomic mass is 79.9. The quantitative estimate of drug-likeness (QED) is 0.627. The van der Waals surface area contributed by atoms with Crippen LogP contribution in [0.3, 0.4) is 0 Å². The lowest BCUT2D eigenvalue weighted by atomic mass is 10.2. The molecule has 0 spiro atoms. The molecule has 0 radical (unpaired) electrons. The second-order valence-electron chi connectivity index (χ2n) is 4.58. The minimum atomic E-state index is 0.658. The summed E-state index contributed by atoms with van der Waals surface area (Å²) < 4.78 is 9.46. The molecule has 0 saturated carbocycles. The Hall–Kier alpha value is -1.14. The van der Waals surface area contributed by atoms with Gasteiger partial charge in [-0.3, -0.25) is 5.10 Å². The number of rotatable bonds is 6. The molecule has 1 aromatic heterocycles. The Balaban J connectivity index is 1.86. The van der Waals surface area contributed by atoms with E-state index in [4.69, 9.17) is 17.0 Å². The third kappa shape index (κ3) is 3.70. The van der Waals surface area contributed by atoms with Crippen LogP contribution in [0.2, 0.25) is 0 Å². The van der Waals surface area contributed by atoms with Crippen molar-refractivity contribution < 1.29 is 4.74 Å². The maximum absolute atomic E-state index is 5.77. The topological polar surface area (TPSA) is 42.8 Å². The summed E-state index contributed by atoms with van der Waals surface area (Å²) in [5.41, 5.74) is 1.21. The summed E-state index contributed by atoms with van der Waals surface area (Å²) in [6.07, 6.45) is 1.75. The van der Waals surface area contributed by atoms with Crippen LogP contribution in [-0.4, -0.2) is 21.4 Å². The van der Waals surface area contributed by atoms with Gasteiger partial charge in [-0.2, -0.15) is 5.10 Å². The molecule has 0 bridgehead atoms. The molecule has 108 valence electrons. The summed E-state index contributed by atoms with van der Waals surface area (Å²) in [5, 5.41) is 7.07. The Labute approximate surface area is 132 Å². The van der Waals surface area contributed by atoms with Gasteiger partial charge in [0.05, 0.1) is 11.1 Å². The van der Waals surface area contributed by atoms with E-state index in [-0.39, 0.29) is 0 Å². The zero-order chi connectivity index (χ0) is 14.5. The largest absolute Gasteiger partial charge is 0.492 e. The van der Waals surface area contributed by atoms with E-state index < -0.39 is 0 Å². The van der Waals surface area contributed by atoms with Crippen molar-refractivity contribution in [2.45, 2.75) is 33.2 Å². The number of nitrogens with zero attached hydrogens (tertiary/aromatic N) is 2. The first kappa shape index (κ1) is 15.3. The van der Waals surface area contributed by atoms with Crippen LogP contribution in [0, 0.1) is 11.7 Å². The van der Waals surface area contributed by atoms with Crippen molar-refractivity contribution in [3.05, 3.63) is 38.8 Å². The number of aromatic nitrogens is 3. The predicted molar refractivity (Wildman–Crippen MR) is 85.8 cm³/mol. The molecule has 2 rings (SSSR count). The summed E-state index contributed by atoms with van der Waals surface area (Å²) in [7, 11) is 0. The van der Waals surface area contributed by atoms with Crippen LogP contribution >= 0.6 is 28.1 Å². The summed E-state index contributed by atoms with van der Waals surface area (Å²) in [4.78, 5) is 0. The number of ether oxygens (including phenoxy) is 1. The molecule has 0 unspecified atom stereocenters. The first-order chi connectivity index (χ1) is 9.61. The van der Waals surface area contributed by atoms with E-state index in [2.05, 4.69) is 46.0 Å². The standard InChI is InChI=1S/C14H18BrN3OS/c1-3-18-13(16-17-14(18)20)5-4-8-19-12-7-6-10(2)9-11(12)15/h6-7,9H,3-5,8H2,1-2H3,(H,17,20). The number of aromatic amines is 1. The molecule has 20 heavy (non-hydrogen) atoms. The number of hydrogen-bond donors (Lipinski definition) is 1. The van der Waals surface area contributed by atoms with Gasteiger partial charge in [0, 0.05) is 13.0 Å². The van der Waals surface area contributed by atoms with Crippen molar-refractivity contribution in [3.63, 3.8) is 0 Å². The van der Waals surface area contributed by atoms with Crippen molar-refractivity contribution >= 4 is 28.1 Å². The molecule has 0 amide bonds. The van der Waals surface area contributed by atoms with Crippen molar-refractivity contribution in [3.8, 4) is 5.75 Å². The second-order valence-corrected chi connectivity index (χ2v) is 5.82. The van der Waals surface area contributed by atoms with Crippen LogP contribution < -0.4 is 4.74 Å². The lowest BCUT2D eigenvalue weighted by Crippen LogP contribution is -2.05. The van der Waals surface area contributed by atoms with E-state index in [1.54, 1.807) is 0 Å². The molecule has 0 aliphatic rings. The first-order valence-electron chi connectivity index (χ1n) is 6.65. The Morgan fingerprint density at radius 2 is 2.25 bits per heavy atom. The van der Waals surface area contributed by atoms with Crippen molar-refractivity contribution in [1.29, 1.82) is 0 Å². The molecule has 1 N–H and O–H groups in total. The van der Waals surface area contributed by atoms with Crippen LogP contribution in [0.25, 0.3) is 0 Å². The monoisotopic (exact) mass is 355 g/mol. The Kier molecular flexibility index (Phi) is 5.37. The molecule has 0 aliphatic heterocycles. The average Bonchev–Trinajstić information content (AvgIpc) is 2.77. The number of benzene rings is 1.